The second kappa shape index (κ2) is 20.4. The second-order valence-electron chi connectivity index (χ2n) is 3.97. The van der Waals surface area contributed by atoms with Crippen molar-refractivity contribution in [3.63, 3.8) is 0 Å². The van der Waals surface area contributed by atoms with Gasteiger partial charge in [0.15, 0.2) is 0 Å². The molecule has 0 radical (unpaired) electrons. The van der Waals surface area contributed by atoms with Crippen LogP contribution in [-0.2, 0) is 18.0 Å². The Balaban J connectivity index is 0. The van der Waals surface area contributed by atoms with Crippen LogP contribution in [0, 0.1) is 0 Å². The largest absolute Gasteiger partial charge is 0.484 e. The second-order valence-corrected chi connectivity index (χ2v) is 5.55. The van der Waals surface area contributed by atoms with Gasteiger partial charge in [0.05, 0.1) is 0 Å². The Kier molecular flexibility index (Phi) is 22.9. The highest BCUT2D eigenvalue weighted by atomic mass is 28.3. The van der Waals surface area contributed by atoms with E-state index in [1.54, 1.807) is 0 Å². The molecule has 0 N–H and O–H groups in total. The summed E-state index contributed by atoms with van der Waals surface area (Å²) in [5.74, 6) is 0. The standard InChI is InChI=1S/C8H18O.C6H16O3Si/c1-3-5-6-8-9-7-4-2;1-4-7-10(8-5-2)9-6-3/h3-8H2,1-2H3;10H,4-6H2,1-3H3. The molecule has 0 rings (SSSR count). The van der Waals surface area contributed by atoms with E-state index < -0.39 is 9.53 Å². The van der Waals surface area contributed by atoms with Crippen molar-refractivity contribution < 1.29 is 18.0 Å². The zero-order valence-electron chi connectivity index (χ0n) is 13.6. The average molecular weight is 295 g/mol. The summed E-state index contributed by atoms with van der Waals surface area (Å²) < 4.78 is 20.9. The zero-order chi connectivity index (χ0) is 14.8. The van der Waals surface area contributed by atoms with Gasteiger partial charge in [0.2, 0.25) is 0 Å². The van der Waals surface area contributed by atoms with Gasteiger partial charge in [0.1, 0.15) is 0 Å². The lowest BCUT2D eigenvalue weighted by atomic mass is 10.3. The third-order valence-electron chi connectivity index (χ3n) is 2.15. The van der Waals surface area contributed by atoms with Gasteiger partial charge in [-0.05, 0) is 33.6 Å². The highest BCUT2D eigenvalue weighted by Crippen LogP contribution is 1.94. The van der Waals surface area contributed by atoms with Crippen LogP contribution in [-0.4, -0.2) is 42.6 Å². The molecule has 0 spiro atoms. The van der Waals surface area contributed by atoms with E-state index in [4.69, 9.17) is 18.0 Å². The summed E-state index contributed by atoms with van der Waals surface area (Å²) in [5, 5.41) is 0. The molecule has 0 heterocycles. The molecule has 0 atom stereocenters. The third-order valence-corrected chi connectivity index (χ3v) is 3.97. The average Bonchev–Trinajstić information content (AvgIpc) is 2.40. The fourth-order valence-electron chi connectivity index (χ4n) is 1.25. The molecule has 0 aliphatic rings. The van der Waals surface area contributed by atoms with E-state index >= 15 is 0 Å². The van der Waals surface area contributed by atoms with Crippen molar-refractivity contribution in [2.75, 3.05) is 33.0 Å². The van der Waals surface area contributed by atoms with Crippen LogP contribution in [0.4, 0.5) is 0 Å². The summed E-state index contributed by atoms with van der Waals surface area (Å²) in [6, 6.07) is 0. The minimum absolute atomic E-state index is 0.677. The fourth-order valence-corrected chi connectivity index (χ4v) is 2.36. The number of hydrogen-bond donors (Lipinski definition) is 0. The van der Waals surface area contributed by atoms with Crippen molar-refractivity contribution in [1.82, 2.24) is 0 Å². The lowest BCUT2D eigenvalue weighted by molar-refractivity contribution is 0.107. The Morgan fingerprint density at radius 3 is 1.53 bits per heavy atom. The molecule has 0 aromatic rings. The molecule has 0 saturated carbocycles. The maximum atomic E-state index is 5.28. The van der Waals surface area contributed by atoms with Gasteiger partial charge in [0.25, 0.3) is 0 Å². The van der Waals surface area contributed by atoms with Gasteiger partial charge in [0, 0.05) is 33.0 Å². The lowest BCUT2D eigenvalue weighted by Gasteiger charge is -2.12. The minimum Gasteiger partial charge on any atom is -0.381 e. The van der Waals surface area contributed by atoms with E-state index in [1.165, 1.54) is 19.3 Å². The lowest BCUT2D eigenvalue weighted by Crippen LogP contribution is -2.27. The monoisotopic (exact) mass is 294 g/mol. The van der Waals surface area contributed by atoms with Gasteiger partial charge in [-0.25, -0.2) is 0 Å². The molecule has 0 aliphatic heterocycles. The highest BCUT2D eigenvalue weighted by molar-refractivity contribution is 6.36. The zero-order valence-corrected chi connectivity index (χ0v) is 14.7. The van der Waals surface area contributed by atoms with Crippen molar-refractivity contribution in [1.29, 1.82) is 0 Å². The first-order chi connectivity index (χ1) is 9.26. The SMILES string of the molecule is CCCCCOCCC.CCO[SiH](OCC)OCC. The molecule has 19 heavy (non-hydrogen) atoms. The summed E-state index contributed by atoms with van der Waals surface area (Å²) >= 11 is 0. The van der Waals surface area contributed by atoms with E-state index in [1.807, 2.05) is 20.8 Å². The van der Waals surface area contributed by atoms with Gasteiger partial charge in [-0.1, -0.05) is 26.7 Å². The summed E-state index contributed by atoms with van der Waals surface area (Å²) in [6.45, 7) is 14.1. The van der Waals surface area contributed by atoms with E-state index in [0.29, 0.717) is 19.8 Å². The Morgan fingerprint density at radius 1 is 0.632 bits per heavy atom. The van der Waals surface area contributed by atoms with Crippen LogP contribution in [0.3, 0.4) is 0 Å². The first-order valence-corrected chi connectivity index (χ1v) is 9.10. The fraction of sp³-hybridized carbons (Fsp3) is 1.00. The summed E-state index contributed by atoms with van der Waals surface area (Å²) in [6.07, 6.45) is 4.97. The molecule has 118 valence electrons. The smallest absolute Gasteiger partial charge is 0.381 e. The molecular formula is C14H34O4Si. The van der Waals surface area contributed by atoms with E-state index in [0.717, 1.165) is 19.6 Å². The van der Waals surface area contributed by atoms with Gasteiger partial charge in [-0.3, -0.25) is 0 Å². The molecule has 0 fully saturated rings. The number of ether oxygens (including phenoxy) is 1. The first kappa shape index (κ1) is 21.4. The van der Waals surface area contributed by atoms with Gasteiger partial charge in [-0.15, -0.1) is 0 Å². The van der Waals surface area contributed by atoms with Crippen LogP contribution in [0.1, 0.15) is 60.3 Å². The normalized spacial score (nSPS) is 10.4. The highest BCUT2D eigenvalue weighted by Gasteiger charge is 2.11. The van der Waals surface area contributed by atoms with Crippen LogP contribution < -0.4 is 0 Å². The molecule has 5 heteroatoms. The molecule has 4 nitrogen and oxygen atoms in total. The predicted molar refractivity (Wildman–Crippen MR) is 82.7 cm³/mol. The maximum absolute atomic E-state index is 5.28. The van der Waals surface area contributed by atoms with Crippen molar-refractivity contribution in [3.05, 3.63) is 0 Å². The topological polar surface area (TPSA) is 36.9 Å². The van der Waals surface area contributed by atoms with E-state index in [2.05, 4.69) is 13.8 Å². The van der Waals surface area contributed by atoms with Gasteiger partial charge >= 0.3 is 9.53 Å². The number of rotatable bonds is 12. The Morgan fingerprint density at radius 2 is 1.16 bits per heavy atom. The molecule has 0 amide bonds. The van der Waals surface area contributed by atoms with Crippen molar-refractivity contribution in [2.24, 2.45) is 0 Å². The molecule has 0 unspecified atom stereocenters. The van der Waals surface area contributed by atoms with Crippen LogP contribution >= 0.6 is 0 Å². The van der Waals surface area contributed by atoms with E-state index in [9.17, 15) is 0 Å². The Bertz CT molecular complexity index is 127. The van der Waals surface area contributed by atoms with Gasteiger partial charge in [-0.2, -0.15) is 0 Å². The Labute approximate surface area is 121 Å². The molecule has 0 aromatic carbocycles. The molecule has 0 bridgehead atoms. The quantitative estimate of drug-likeness (QED) is 0.408. The summed E-state index contributed by atoms with van der Waals surface area (Å²) in [5.41, 5.74) is 0. The van der Waals surface area contributed by atoms with Crippen LogP contribution in [0.25, 0.3) is 0 Å². The number of unbranched alkanes of at least 4 members (excludes halogenated alkanes) is 2. The molecule has 0 aromatic heterocycles. The number of hydrogen-bond acceptors (Lipinski definition) is 4. The van der Waals surface area contributed by atoms with Crippen molar-refractivity contribution in [3.8, 4) is 0 Å². The Hall–Kier alpha value is 0.0569. The van der Waals surface area contributed by atoms with Crippen molar-refractivity contribution in [2.45, 2.75) is 60.3 Å². The van der Waals surface area contributed by atoms with Crippen LogP contribution in [0.2, 0.25) is 0 Å². The summed E-state index contributed by atoms with van der Waals surface area (Å²) in [4.78, 5) is 0. The minimum atomic E-state index is -1.73. The first-order valence-electron chi connectivity index (χ1n) is 7.69. The molecular weight excluding hydrogens is 260 g/mol. The maximum Gasteiger partial charge on any atom is 0.484 e. The third kappa shape index (κ3) is 20.5. The predicted octanol–water partition coefficient (Wildman–Crippen LogP) is 3.42. The van der Waals surface area contributed by atoms with Crippen LogP contribution in [0.5, 0.6) is 0 Å². The van der Waals surface area contributed by atoms with E-state index in [-0.39, 0.29) is 0 Å². The summed E-state index contributed by atoms with van der Waals surface area (Å²) in [7, 11) is -1.73. The van der Waals surface area contributed by atoms with Gasteiger partial charge < -0.3 is 18.0 Å². The molecule has 0 aliphatic carbocycles. The molecule has 0 saturated heterocycles. The van der Waals surface area contributed by atoms with Crippen molar-refractivity contribution >= 4 is 9.53 Å². The van der Waals surface area contributed by atoms with Crippen LogP contribution in [0.15, 0.2) is 0 Å².